The number of esters is 1. The highest BCUT2D eigenvalue weighted by Gasteiger charge is 2.15. The average Bonchev–Trinajstić information content (AvgIpc) is 2.05. The zero-order valence-corrected chi connectivity index (χ0v) is 7.87. The molecule has 0 aromatic rings. The Labute approximate surface area is 77.1 Å². The van der Waals surface area contributed by atoms with Crippen LogP contribution in [0.2, 0.25) is 0 Å². The predicted octanol–water partition coefficient (Wildman–Crippen LogP) is -0.563. The van der Waals surface area contributed by atoms with Crippen molar-refractivity contribution in [3.05, 3.63) is 0 Å². The first-order valence-electron chi connectivity index (χ1n) is 4.18. The molecule has 0 aromatic heterocycles. The minimum atomic E-state index is -0.654. The van der Waals surface area contributed by atoms with Crippen LogP contribution in [-0.2, 0) is 14.3 Å². The molecule has 0 aromatic carbocycles. The molecule has 0 spiro atoms. The molecular formula is C8H15NO4. The van der Waals surface area contributed by atoms with Crippen LogP contribution in [0.1, 0.15) is 20.3 Å². The van der Waals surface area contributed by atoms with Gasteiger partial charge < -0.3 is 15.2 Å². The van der Waals surface area contributed by atoms with Gasteiger partial charge in [0, 0.05) is 6.42 Å². The van der Waals surface area contributed by atoms with E-state index in [1.54, 1.807) is 6.92 Å². The monoisotopic (exact) mass is 189 g/mol. The lowest BCUT2D eigenvalue weighted by Crippen LogP contribution is -2.39. The van der Waals surface area contributed by atoms with E-state index in [1.807, 2.05) is 0 Å². The lowest BCUT2D eigenvalue weighted by molar-refractivity contribution is -0.146. The zero-order valence-electron chi connectivity index (χ0n) is 7.87. The van der Waals surface area contributed by atoms with Crippen LogP contribution in [0.4, 0.5) is 0 Å². The Bertz CT molecular complexity index is 181. The average molecular weight is 189 g/mol. The molecular weight excluding hydrogens is 174 g/mol. The van der Waals surface area contributed by atoms with Crippen LogP contribution in [0.15, 0.2) is 0 Å². The van der Waals surface area contributed by atoms with E-state index >= 15 is 0 Å². The maximum absolute atomic E-state index is 11.0. The largest absolute Gasteiger partial charge is 0.464 e. The molecule has 0 aliphatic carbocycles. The molecule has 5 heteroatoms. The van der Waals surface area contributed by atoms with Crippen molar-refractivity contribution in [1.82, 2.24) is 5.32 Å². The minimum Gasteiger partial charge on any atom is -0.464 e. The third-order valence-corrected chi connectivity index (χ3v) is 1.36. The highest BCUT2D eigenvalue weighted by Crippen LogP contribution is 1.89. The summed E-state index contributed by atoms with van der Waals surface area (Å²) in [6.07, 6.45) is 0.00372. The second-order valence-corrected chi connectivity index (χ2v) is 2.51. The Hall–Kier alpha value is -1.10. The van der Waals surface area contributed by atoms with Crippen LogP contribution < -0.4 is 5.32 Å². The van der Waals surface area contributed by atoms with Gasteiger partial charge in [0.2, 0.25) is 5.91 Å². The molecule has 0 unspecified atom stereocenters. The number of carbonyl (C=O) groups is 2. The molecule has 2 N–H and O–H groups in total. The Morgan fingerprint density at radius 1 is 1.54 bits per heavy atom. The maximum Gasteiger partial charge on any atom is 0.328 e. The first-order chi connectivity index (χ1) is 6.11. The van der Waals surface area contributed by atoms with Gasteiger partial charge in [0.25, 0.3) is 0 Å². The quantitative estimate of drug-likeness (QED) is 0.568. The molecule has 0 saturated heterocycles. The van der Waals surface area contributed by atoms with E-state index in [1.165, 1.54) is 6.92 Å². The van der Waals surface area contributed by atoms with Crippen molar-refractivity contribution in [1.29, 1.82) is 0 Å². The molecule has 1 amide bonds. The standard InChI is InChI=1S/C8H15NO4/c1-3-13-8(12)6(2)9-7(11)4-5-10/h6,10H,3-5H2,1-2H3,(H,9,11)/t6-/m1/s1. The number of ether oxygens (including phenoxy) is 1. The zero-order chi connectivity index (χ0) is 10.3. The molecule has 0 fully saturated rings. The smallest absolute Gasteiger partial charge is 0.328 e. The molecule has 0 bridgehead atoms. The van der Waals surface area contributed by atoms with E-state index in [9.17, 15) is 9.59 Å². The second kappa shape index (κ2) is 6.42. The third-order valence-electron chi connectivity index (χ3n) is 1.36. The Morgan fingerprint density at radius 2 is 2.15 bits per heavy atom. The molecule has 0 aliphatic rings. The van der Waals surface area contributed by atoms with Crippen LogP contribution in [0.3, 0.4) is 0 Å². The van der Waals surface area contributed by atoms with Crippen molar-refractivity contribution in [2.45, 2.75) is 26.3 Å². The van der Waals surface area contributed by atoms with Crippen LogP contribution in [0.25, 0.3) is 0 Å². The van der Waals surface area contributed by atoms with E-state index in [-0.39, 0.29) is 18.9 Å². The molecule has 0 aliphatic heterocycles. The van der Waals surface area contributed by atoms with Gasteiger partial charge in [-0.2, -0.15) is 0 Å². The van der Waals surface area contributed by atoms with Gasteiger partial charge >= 0.3 is 5.97 Å². The van der Waals surface area contributed by atoms with Gasteiger partial charge in [0.1, 0.15) is 6.04 Å². The van der Waals surface area contributed by atoms with Crippen LogP contribution >= 0.6 is 0 Å². The fourth-order valence-electron chi connectivity index (χ4n) is 0.741. The summed E-state index contributed by atoms with van der Waals surface area (Å²) in [6, 6.07) is -0.654. The summed E-state index contributed by atoms with van der Waals surface area (Å²) >= 11 is 0. The van der Waals surface area contributed by atoms with Gasteiger partial charge in [-0.25, -0.2) is 4.79 Å². The minimum absolute atomic E-state index is 0.00372. The number of aliphatic hydroxyl groups excluding tert-OH is 1. The van der Waals surface area contributed by atoms with Gasteiger partial charge in [0.15, 0.2) is 0 Å². The number of rotatable bonds is 5. The summed E-state index contributed by atoms with van der Waals surface area (Å²) in [5.41, 5.74) is 0. The van der Waals surface area contributed by atoms with Gasteiger partial charge in [0.05, 0.1) is 13.2 Å². The molecule has 0 saturated carbocycles. The van der Waals surface area contributed by atoms with E-state index in [0.29, 0.717) is 6.61 Å². The summed E-state index contributed by atoms with van der Waals surface area (Å²) in [5.74, 6) is -0.822. The van der Waals surface area contributed by atoms with Crippen molar-refractivity contribution < 1.29 is 19.4 Å². The fraction of sp³-hybridized carbons (Fsp3) is 0.750. The molecule has 76 valence electrons. The molecule has 1 atom stereocenters. The summed E-state index contributed by atoms with van der Waals surface area (Å²) in [5, 5.41) is 10.8. The lowest BCUT2D eigenvalue weighted by Gasteiger charge is -2.11. The Balaban J connectivity index is 3.78. The highest BCUT2D eigenvalue weighted by atomic mass is 16.5. The van der Waals surface area contributed by atoms with Crippen LogP contribution in [0, 0.1) is 0 Å². The second-order valence-electron chi connectivity index (χ2n) is 2.51. The summed E-state index contributed by atoms with van der Waals surface area (Å²) in [6.45, 7) is 3.30. The number of carbonyl (C=O) groups excluding carboxylic acids is 2. The maximum atomic E-state index is 11.0. The first-order valence-corrected chi connectivity index (χ1v) is 4.18. The number of hydrogen-bond donors (Lipinski definition) is 2. The number of aliphatic hydroxyl groups is 1. The van der Waals surface area contributed by atoms with Crippen LogP contribution in [-0.4, -0.2) is 36.2 Å². The molecule has 0 heterocycles. The number of hydrogen-bond acceptors (Lipinski definition) is 4. The van der Waals surface area contributed by atoms with Gasteiger partial charge in [-0.3, -0.25) is 4.79 Å². The van der Waals surface area contributed by atoms with Crippen molar-refractivity contribution in [2.24, 2.45) is 0 Å². The SMILES string of the molecule is CCOC(=O)[C@@H](C)NC(=O)CCO. The van der Waals surface area contributed by atoms with E-state index in [2.05, 4.69) is 10.1 Å². The van der Waals surface area contributed by atoms with E-state index in [0.717, 1.165) is 0 Å². The summed E-state index contributed by atoms with van der Waals surface area (Å²) in [7, 11) is 0. The van der Waals surface area contributed by atoms with Crippen molar-refractivity contribution in [3.63, 3.8) is 0 Å². The Morgan fingerprint density at radius 3 is 2.62 bits per heavy atom. The topological polar surface area (TPSA) is 75.6 Å². The Kier molecular flexibility index (Phi) is 5.88. The molecule has 0 radical (unpaired) electrons. The third kappa shape index (κ3) is 5.19. The molecule has 5 nitrogen and oxygen atoms in total. The predicted molar refractivity (Wildman–Crippen MR) is 45.9 cm³/mol. The fourth-order valence-corrected chi connectivity index (χ4v) is 0.741. The van der Waals surface area contributed by atoms with Gasteiger partial charge in [-0.1, -0.05) is 0 Å². The molecule has 13 heavy (non-hydrogen) atoms. The van der Waals surface area contributed by atoms with E-state index < -0.39 is 12.0 Å². The van der Waals surface area contributed by atoms with Gasteiger partial charge in [-0.05, 0) is 13.8 Å². The number of nitrogens with one attached hydrogen (secondary N) is 1. The van der Waals surface area contributed by atoms with E-state index in [4.69, 9.17) is 5.11 Å². The van der Waals surface area contributed by atoms with Crippen molar-refractivity contribution >= 4 is 11.9 Å². The first kappa shape index (κ1) is 11.9. The highest BCUT2D eigenvalue weighted by molar-refractivity contribution is 5.84. The van der Waals surface area contributed by atoms with Crippen molar-refractivity contribution in [2.75, 3.05) is 13.2 Å². The lowest BCUT2D eigenvalue weighted by atomic mass is 10.3. The molecule has 0 rings (SSSR count). The summed E-state index contributed by atoms with van der Waals surface area (Å²) in [4.78, 5) is 21.9. The van der Waals surface area contributed by atoms with Crippen molar-refractivity contribution in [3.8, 4) is 0 Å². The number of amides is 1. The van der Waals surface area contributed by atoms with Crippen LogP contribution in [0.5, 0.6) is 0 Å². The summed E-state index contributed by atoms with van der Waals surface area (Å²) < 4.78 is 4.67. The normalized spacial score (nSPS) is 11.9. The van der Waals surface area contributed by atoms with Gasteiger partial charge in [-0.15, -0.1) is 0 Å².